The predicted molar refractivity (Wildman–Crippen MR) is 109 cm³/mol. The smallest absolute Gasteiger partial charge is 0.234 e. The van der Waals surface area contributed by atoms with E-state index in [-0.39, 0.29) is 12.0 Å². The Bertz CT molecular complexity index is 818. The van der Waals surface area contributed by atoms with Gasteiger partial charge in [0, 0.05) is 31.9 Å². The largest absolute Gasteiger partial charge is 0.486 e. The summed E-state index contributed by atoms with van der Waals surface area (Å²) in [7, 11) is 0. The number of para-hydroxylation sites is 2. The molecular formula is C22H27N3O3. The summed E-state index contributed by atoms with van der Waals surface area (Å²) in [6.45, 7) is 7.09. The summed E-state index contributed by atoms with van der Waals surface area (Å²) in [4.78, 5) is 16.9. The molecule has 0 aromatic heterocycles. The Balaban J connectivity index is 1.19. The van der Waals surface area contributed by atoms with Gasteiger partial charge in [0.1, 0.15) is 12.7 Å². The number of rotatable bonds is 5. The first-order valence-corrected chi connectivity index (χ1v) is 9.86. The van der Waals surface area contributed by atoms with Crippen molar-refractivity contribution in [1.29, 1.82) is 0 Å². The summed E-state index contributed by atoms with van der Waals surface area (Å²) >= 11 is 0. The fourth-order valence-corrected chi connectivity index (χ4v) is 3.64. The molecule has 1 amide bonds. The van der Waals surface area contributed by atoms with Crippen molar-refractivity contribution < 1.29 is 14.3 Å². The number of hydrogen-bond acceptors (Lipinski definition) is 5. The number of fused-ring (bicyclic) bond motifs is 1. The Morgan fingerprint density at radius 3 is 2.64 bits per heavy atom. The molecule has 6 heteroatoms. The van der Waals surface area contributed by atoms with E-state index in [0.29, 0.717) is 19.7 Å². The second-order valence-electron chi connectivity index (χ2n) is 7.40. The van der Waals surface area contributed by atoms with E-state index in [1.807, 2.05) is 24.3 Å². The lowest BCUT2D eigenvalue weighted by molar-refractivity contribution is -0.122. The molecule has 1 unspecified atom stereocenters. The molecular weight excluding hydrogens is 354 g/mol. The lowest BCUT2D eigenvalue weighted by atomic mass is 10.2. The number of hydrogen-bond donors (Lipinski definition) is 1. The Kier molecular flexibility index (Phi) is 5.67. The van der Waals surface area contributed by atoms with Crippen molar-refractivity contribution in [2.45, 2.75) is 13.0 Å². The van der Waals surface area contributed by atoms with Crippen LogP contribution in [-0.4, -0.2) is 62.8 Å². The van der Waals surface area contributed by atoms with Crippen molar-refractivity contribution in [2.24, 2.45) is 0 Å². The third kappa shape index (κ3) is 4.57. The monoisotopic (exact) mass is 381 g/mol. The molecule has 6 nitrogen and oxygen atoms in total. The number of carbonyl (C=O) groups excluding carboxylic acids is 1. The number of carbonyl (C=O) groups is 1. The maximum Gasteiger partial charge on any atom is 0.234 e. The zero-order chi connectivity index (χ0) is 19.3. The Morgan fingerprint density at radius 1 is 1.07 bits per heavy atom. The second kappa shape index (κ2) is 8.52. The number of amides is 1. The quantitative estimate of drug-likeness (QED) is 0.859. The summed E-state index contributed by atoms with van der Waals surface area (Å²) in [5, 5.41) is 2.98. The van der Waals surface area contributed by atoms with E-state index < -0.39 is 0 Å². The minimum Gasteiger partial charge on any atom is -0.486 e. The van der Waals surface area contributed by atoms with Gasteiger partial charge in [-0.3, -0.25) is 9.69 Å². The molecule has 2 heterocycles. The fraction of sp³-hybridized carbons (Fsp3) is 0.409. The molecule has 0 bridgehead atoms. The summed E-state index contributed by atoms with van der Waals surface area (Å²) in [6.07, 6.45) is -0.156. The topological polar surface area (TPSA) is 54.0 Å². The third-order valence-electron chi connectivity index (χ3n) is 5.20. The summed E-state index contributed by atoms with van der Waals surface area (Å²) in [5.74, 6) is 1.53. The van der Waals surface area contributed by atoms with Gasteiger partial charge in [0.25, 0.3) is 0 Å². The minimum absolute atomic E-state index is 0.0338. The molecule has 1 saturated heterocycles. The maximum absolute atomic E-state index is 12.3. The second-order valence-corrected chi connectivity index (χ2v) is 7.40. The van der Waals surface area contributed by atoms with Crippen LogP contribution in [0.5, 0.6) is 11.5 Å². The van der Waals surface area contributed by atoms with Gasteiger partial charge in [-0.2, -0.15) is 0 Å². The van der Waals surface area contributed by atoms with Crippen LogP contribution in [0.3, 0.4) is 0 Å². The number of piperazine rings is 1. The average Bonchev–Trinajstić information content (AvgIpc) is 2.73. The van der Waals surface area contributed by atoms with Crippen LogP contribution in [0, 0.1) is 6.92 Å². The Morgan fingerprint density at radius 2 is 1.86 bits per heavy atom. The van der Waals surface area contributed by atoms with Crippen molar-refractivity contribution in [3.63, 3.8) is 0 Å². The minimum atomic E-state index is -0.156. The number of anilines is 1. The fourth-order valence-electron chi connectivity index (χ4n) is 3.64. The van der Waals surface area contributed by atoms with Gasteiger partial charge >= 0.3 is 0 Å². The third-order valence-corrected chi connectivity index (χ3v) is 5.20. The molecule has 148 valence electrons. The molecule has 2 aromatic rings. The Labute approximate surface area is 166 Å². The first-order valence-electron chi connectivity index (χ1n) is 9.86. The summed E-state index contributed by atoms with van der Waals surface area (Å²) in [6, 6.07) is 16.2. The maximum atomic E-state index is 12.3. The summed E-state index contributed by atoms with van der Waals surface area (Å²) < 4.78 is 11.6. The van der Waals surface area contributed by atoms with Gasteiger partial charge in [-0.05, 0) is 36.8 Å². The van der Waals surface area contributed by atoms with E-state index >= 15 is 0 Å². The van der Waals surface area contributed by atoms with Crippen LogP contribution in [0.15, 0.2) is 48.5 Å². The highest BCUT2D eigenvalue weighted by atomic mass is 16.6. The van der Waals surface area contributed by atoms with Gasteiger partial charge in [0.05, 0.1) is 13.1 Å². The van der Waals surface area contributed by atoms with Gasteiger partial charge in [0.2, 0.25) is 5.91 Å². The lowest BCUT2D eigenvalue weighted by Gasteiger charge is -2.36. The molecule has 0 spiro atoms. The highest BCUT2D eigenvalue weighted by molar-refractivity contribution is 5.78. The zero-order valence-electron chi connectivity index (χ0n) is 16.3. The van der Waals surface area contributed by atoms with Crippen molar-refractivity contribution in [1.82, 2.24) is 10.2 Å². The molecule has 2 aromatic carbocycles. The summed E-state index contributed by atoms with van der Waals surface area (Å²) in [5.41, 5.74) is 2.54. The molecule has 2 aliphatic rings. The lowest BCUT2D eigenvalue weighted by Crippen LogP contribution is -2.50. The molecule has 0 aliphatic carbocycles. The number of nitrogens with one attached hydrogen (secondary N) is 1. The number of nitrogens with zero attached hydrogens (tertiary/aromatic N) is 2. The first kappa shape index (κ1) is 18.6. The van der Waals surface area contributed by atoms with E-state index in [2.05, 4.69) is 46.3 Å². The van der Waals surface area contributed by atoms with Crippen molar-refractivity contribution >= 4 is 11.6 Å². The molecule has 4 rings (SSSR count). The normalized spacial score (nSPS) is 19.3. The average molecular weight is 381 g/mol. The van der Waals surface area contributed by atoms with Crippen molar-refractivity contribution in [2.75, 3.05) is 50.8 Å². The van der Waals surface area contributed by atoms with Gasteiger partial charge in [-0.15, -0.1) is 0 Å². The molecule has 28 heavy (non-hydrogen) atoms. The van der Waals surface area contributed by atoms with E-state index in [1.165, 1.54) is 11.3 Å². The van der Waals surface area contributed by atoms with E-state index in [0.717, 1.165) is 37.7 Å². The van der Waals surface area contributed by atoms with Crippen LogP contribution < -0.4 is 19.7 Å². The highest BCUT2D eigenvalue weighted by Gasteiger charge is 2.23. The van der Waals surface area contributed by atoms with Crippen LogP contribution in [0.2, 0.25) is 0 Å². The number of aryl methyl sites for hydroxylation is 1. The molecule has 1 atom stereocenters. The van der Waals surface area contributed by atoms with Crippen molar-refractivity contribution in [3.8, 4) is 11.5 Å². The molecule has 1 N–H and O–H groups in total. The predicted octanol–water partition coefficient (Wildman–Crippen LogP) is 2.07. The SMILES string of the molecule is Cc1cccc(N2CCN(CC(=O)NCC3COc4ccccc4O3)CC2)c1. The van der Waals surface area contributed by atoms with Crippen LogP contribution in [0.25, 0.3) is 0 Å². The van der Waals surface area contributed by atoms with Crippen LogP contribution >= 0.6 is 0 Å². The van der Waals surface area contributed by atoms with Crippen LogP contribution in [0.4, 0.5) is 5.69 Å². The highest BCUT2D eigenvalue weighted by Crippen LogP contribution is 2.30. The van der Waals surface area contributed by atoms with E-state index in [4.69, 9.17) is 9.47 Å². The zero-order valence-corrected chi connectivity index (χ0v) is 16.3. The Hall–Kier alpha value is -2.73. The number of ether oxygens (including phenoxy) is 2. The standard InChI is InChI=1S/C22H27N3O3/c1-17-5-4-6-18(13-17)25-11-9-24(10-12-25)15-22(26)23-14-19-16-27-20-7-2-3-8-21(20)28-19/h2-8,13,19H,9-12,14-16H2,1H3,(H,23,26). The van der Waals surface area contributed by atoms with E-state index in [1.54, 1.807) is 0 Å². The molecule has 0 saturated carbocycles. The van der Waals surface area contributed by atoms with Gasteiger partial charge < -0.3 is 19.7 Å². The first-order chi connectivity index (χ1) is 13.7. The van der Waals surface area contributed by atoms with Gasteiger partial charge in [-0.1, -0.05) is 24.3 Å². The molecule has 1 fully saturated rings. The van der Waals surface area contributed by atoms with E-state index in [9.17, 15) is 4.79 Å². The van der Waals surface area contributed by atoms with Crippen LogP contribution in [0.1, 0.15) is 5.56 Å². The van der Waals surface area contributed by atoms with Gasteiger partial charge in [0.15, 0.2) is 11.5 Å². The van der Waals surface area contributed by atoms with Gasteiger partial charge in [-0.25, -0.2) is 0 Å². The molecule has 0 radical (unpaired) electrons. The van der Waals surface area contributed by atoms with Crippen molar-refractivity contribution in [3.05, 3.63) is 54.1 Å². The number of benzene rings is 2. The molecule has 2 aliphatic heterocycles. The van der Waals surface area contributed by atoms with Crippen LogP contribution in [-0.2, 0) is 4.79 Å².